The molecule has 6 nitrogen and oxygen atoms in total. The number of aromatic nitrogens is 2. The van der Waals surface area contributed by atoms with Gasteiger partial charge in [0.1, 0.15) is 17.6 Å². The Labute approximate surface area is 136 Å². The number of hydrogen-bond acceptors (Lipinski definition) is 3. The smallest absolute Gasteiger partial charge is 0.318 e. The highest BCUT2D eigenvalue weighted by molar-refractivity contribution is 5.75. The van der Waals surface area contributed by atoms with Gasteiger partial charge >= 0.3 is 6.03 Å². The third kappa shape index (κ3) is 3.16. The molecule has 0 aliphatic carbocycles. The minimum atomic E-state index is -0.348. The fraction of sp³-hybridized carbons (Fsp3) is 0.412. The number of aryl methyl sites for hydroxylation is 1. The Bertz CT molecular complexity index is 677. The molecule has 6 heteroatoms. The number of nitrogens with zero attached hydrogens (tertiary/aromatic N) is 3. The largest absolute Gasteiger partial charge is 0.496 e. The van der Waals surface area contributed by atoms with Crippen LogP contribution in [0, 0.1) is 0 Å². The lowest BCUT2D eigenvalue weighted by Crippen LogP contribution is -2.41. The lowest BCUT2D eigenvalue weighted by molar-refractivity contribution is 0.205. The summed E-state index contributed by atoms with van der Waals surface area (Å²) in [5, 5.41) is 3.12. The molecule has 1 aromatic heterocycles. The maximum atomic E-state index is 12.6. The van der Waals surface area contributed by atoms with Crippen LogP contribution in [-0.4, -0.2) is 40.7 Å². The van der Waals surface area contributed by atoms with Gasteiger partial charge in [0.15, 0.2) is 0 Å². The fourth-order valence-electron chi connectivity index (χ4n) is 2.98. The number of ether oxygens (including phenoxy) is 1. The maximum Gasteiger partial charge on any atom is 0.318 e. The number of hydrogen-bond donors (Lipinski definition) is 1. The normalized spacial score (nSPS) is 15.5. The van der Waals surface area contributed by atoms with Crippen molar-refractivity contribution in [2.45, 2.75) is 18.9 Å². The summed E-state index contributed by atoms with van der Waals surface area (Å²) in [7, 11) is 3.56. The zero-order valence-corrected chi connectivity index (χ0v) is 13.5. The van der Waals surface area contributed by atoms with Crippen LogP contribution in [0.3, 0.4) is 0 Å². The summed E-state index contributed by atoms with van der Waals surface area (Å²) in [6, 6.07) is 7.31. The highest BCUT2D eigenvalue weighted by atomic mass is 16.5. The number of methoxy groups -OCH3 is 1. The Morgan fingerprint density at radius 2 is 2.04 bits per heavy atom. The molecule has 2 heterocycles. The molecule has 122 valence electrons. The third-order valence-electron chi connectivity index (χ3n) is 4.23. The topological polar surface area (TPSA) is 59.4 Å². The molecular formula is C17H22N4O2. The van der Waals surface area contributed by atoms with E-state index in [0.29, 0.717) is 0 Å². The van der Waals surface area contributed by atoms with Gasteiger partial charge in [-0.1, -0.05) is 18.2 Å². The van der Waals surface area contributed by atoms with Gasteiger partial charge in [0.2, 0.25) is 0 Å². The van der Waals surface area contributed by atoms with Gasteiger partial charge in [0, 0.05) is 38.1 Å². The van der Waals surface area contributed by atoms with Crippen molar-refractivity contribution in [2.75, 3.05) is 20.2 Å². The molecular weight excluding hydrogens is 292 g/mol. The number of imidazole rings is 1. The molecule has 1 N–H and O–H groups in total. The number of carbonyl (C=O) groups is 1. The van der Waals surface area contributed by atoms with Crippen molar-refractivity contribution < 1.29 is 9.53 Å². The Hall–Kier alpha value is -2.50. The summed E-state index contributed by atoms with van der Waals surface area (Å²) in [5.74, 6) is 1.52. The van der Waals surface area contributed by atoms with E-state index in [1.54, 1.807) is 13.3 Å². The number of nitrogens with one attached hydrogen (secondary N) is 1. The van der Waals surface area contributed by atoms with Crippen LogP contribution < -0.4 is 10.1 Å². The van der Waals surface area contributed by atoms with Crippen LogP contribution in [0.1, 0.15) is 30.3 Å². The van der Waals surface area contributed by atoms with Gasteiger partial charge in [-0.3, -0.25) is 0 Å². The number of amides is 2. The van der Waals surface area contributed by atoms with Crippen LogP contribution in [-0.2, 0) is 7.05 Å². The minimum Gasteiger partial charge on any atom is -0.496 e. The number of para-hydroxylation sites is 1. The second-order valence-electron chi connectivity index (χ2n) is 5.71. The molecule has 3 rings (SSSR count). The SMILES string of the molecule is COc1ccccc1[C@H](NC(=O)N1CCCC1)c1nccn1C. The Kier molecular flexibility index (Phi) is 4.50. The number of likely N-dealkylation sites (tertiary alicyclic amines) is 1. The predicted octanol–water partition coefficient (Wildman–Crippen LogP) is 2.32. The summed E-state index contributed by atoms with van der Waals surface area (Å²) in [4.78, 5) is 18.8. The molecule has 0 saturated carbocycles. The van der Waals surface area contributed by atoms with E-state index in [1.807, 2.05) is 47.0 Å². The zero-order valence-electron chi connectivity index (χ0n) is 13.5. The molecule has 0 spiro atoms. The molecule has 23 heavy (non-hydrogen) atoms. The first-order valence-corrected chi connectivity index (χ1v) is 7.86. The second kappa shape index (κ2) is 6.73. The molecule has 1 atom stereocenters. The molecule has 1 aliphatic heterocycles. The first-order chi connectivity index (χ1) is 11.2. The van der Waals surface area contributed by atoms with Gasteiger partial charge < -0.3 is 19.5 Å². The molecule has 2 aromatic rings. The molecule has 0 unspecified atom stereocenters. The summed E-state index contributed by atoms with van der Waals surface area (Å²) in [6.45, 7) is 1.62. The van der Waals surface area contributed by atoms with Crippen LogP contribution in [0.4, 0.5) is 4.79 Å². The molecule has 0 bridgehead atoms. The molecule has 1 saturated heterocycles. The quantitative estimate of drug-likeness (QED) is 0.942. The zero-order chi connectivity index (χ0) is 16.2. The Morgan fingerprint density at radius 3 is 2.70 bits per heavy atom. The van der Waals surface area contributed by atoms with E-state index in [-0.39, 0.29) is 12.1 Å². The molecule has 0 radical (unpaired) electrons. The molecule has 2 amide bonds. The first-order valence-electron chi connectivity index (χ1n) is 7.86. The summed E-state index contributed by atoms with van der Waals surface area (Å²) >= 11 is 0. The van der Waals surface area contributed by atoms with Crippen molar-refractivity contribution in [3.63, 3.8) is 0 Å². The number of urea groups is 1. The van der Waals surface area contributed by atoms with Crippen molar-refractivity contribution in [1.29, 1.82) is 0 Å². The van der Waals surface area contributed by atoms with Crippen LogP contribution >= 0.6 is 0 Å². The van der Waals surface area contributed by atoms with Crippen molar-refractivity contribution in [3.05, 3.63) is 48.0 Å². The van der Waals surface area contributed by atoms with Crippen molar-refractivity contribution in [1.82, 2.24) is 19.8 Å². The van der Waals surface area contributed by atoms with Gasteiger partial charge in [-0.15, -0.1) is 0 Å². The lowest BCUT2D eigenvalue weighted by atomic mass is 10.0. The average Bonchev–Trinajstić information content (AvgIpc) is 3.24. The highest BCUT2D eigenvalue weighted by Crippen LogP contribution is 2.29. The van der Waals surface area contributed by atoms with Gasteiger partial charge in [-0.2, -0.15) is 0 Å². The number of rotatable bonds is 4. The van der Waals surface area contributed by atoms with Crippen LogP contribution in [0.2, 0.25) is 0 Å². The standard InChI is InChI=1S/C17H22N4O2/c1-20-12-9-18-16(20)15(13-7-3-4-8-14(13)23-2)19-17(22)21-10-5-6-11-21/h3-4,7-9,12,15H,5-6,10-11H2,1-2H3,(H,19,22)/t15-/m0/s1. The van der Waals surface area contributed by atoms with E-state index in [0.717, 1.165) is 43.1 Å². The van der Waals surface area contributed by atoms with Crippen LogP contribution in [0.5, 0.6) is 5.75 Å². The van der Waals surface area contributed by atoms with Gasteiger partial charge in [-0.25, -0.2) is 9.78 Å². The van der Waals surface area contributed by atoms with Gasteiger partial charge in [0.05, 0.1) is 7.11 Å². The third-order valence-corrected chi connectivity index (χ3v) is 4.23. The highest BCUT2D eigenvalue weighted by Gasteiger charge is 2.27. The van der Waals surface area contributed by atoms with Crippen molar-refractivity contribution >= 4 is 6.03 Å². The van der Waals surface area contributed by atoms with E-state index in [4.69, 9.17) is 4.74 Å². The van der Waals surface area contributed by atoms with E-state index in [9.17, 15) is 4.79 Å². The lowest BCUT2D eigenvalue weighted by Gasteiger charge is -2.24. The van der Waals surface area contributed by atoms with Gasteiger partial charge in [0.25, 0.3) is 0 Å². The Balaban J connectivity index is 1.94. The molecule has 1 fully saturated rings. The van der Waals surface area contributed by atoms with Gasteiger partial charge in [-0.05, 0) is 18.9 Å². The summed E-state index contributed by atoms with van der Waals surface area (Å²) in [5.41, 5.74) is 0.900. The monoisotopic (exact) mass is 314 g/mol. The van der Waals surface area contributed by atoms with E-state index in [2.05, 4.69) is 10.3 Å². The van der Waals surface area contributed by atoms with Crippen LogP contribution in [0.25, 0.3) is 0 Å². The minimum absolute atomic E-state index is 0.0543. The predicted molar refractivity (Wildman–Crippen MR) is 87.4 cm³/mol. The van der Waals surface area contributed by atoms with Crippen molar-refractivity contribution in [3.8, 4) is 5.75 Å². The first kappa shape index (κ1) is 15.4. The average molecular weight is 314 g/mol. The van der Waals surface area contributed by atoms with E-state index in [1.165, 1.54) is 0 Å². The second-order valence-corrected chi connectivity index (χ2v) is 5.71. The molecule has 1 aliphatic rings. The fourth-order valence-corrected chi connectivity index (χ4v) is 2.98. The van der Waals surface area contributed by atoms with E-state index >= 15 is 0 Å². The number of carbonyl (C=O) groups excluding carboxylic acids is 1. The van der Waals surface area contributed by atoms with Crippen LogP contribution in [0.15, 0.2) is 36.7 Å². The van der Waals surface area contributed by atoms with E-state index < -0.39 is 0 Å². The number of benzene rings is 1. The summed E-state index contributed by atoms with van der Waals surface area (Å²) in [6.07, 6.45) is 5.74. The maximum absolute atomic E-state index is 12.6. The molecule has 1 aromatic carbocycles. The van der Waals surface area contributed by atoms with Crippen molar-refractivity contribution in [2.24, 2.45) is 7.05 Å². The Morgan fingerprint density at radius 1 is 1.30 bits per heavy atom. The summed E-state index contributed by atoms with van der Waals surface area (Å²) < 4.78 is 7.39.